The molecule has 3 atom stereocenters. The van der Waals surface area contributed by atoms with Crippen molar-refractivity contribution in [2.24, 2.45) is 23.7 Å². The molecular formula is C13H24. The van der Waals surface area contributed by atoms with Crippen LogP contribution in [0.5, 0.6) is 0 Å². The van der Waals surface area contributed by atoms with Gasteiger partial charge in [0.2, 0.25) is 0 Å². The van der Waals surface area contributed by atoms with Gasteiger partial charge in [-0.2, -0.15) is 0 Å². The normalized spacial score (nSPS) is 41.5. The van der Waals surface area contributed by atoms with Gasteiger partial charge in [-0.25, -0.2) is 0 Å². The summed E-state index contributed by atoms with van der Waals surface area (Å²) in [5.41, 5.74) is 0. The third kappa shape index (κ3) is 1.92. The van der Waals surface area contributed by atoms with Gasteiger partial charge < -0.3 is 0 Å². The van der Waals surface area contributed by atoms with Crippen LogP contribution in [0.3, 0.4) is 0 Å². The van der Waals surface area contributed by atoms with E-state index in [2.05, 4.69) is 13.8 Å². The molecule has 0 radical (unpaired) electrons. The first-order valence-corrected chi connectivity index (χ1v) is 6.31. The van der Waals surface area contributed by atoms with Gasteiger partial charge in [-0.05, 0) is 36.5 Å². The molecule has 0 nitrogen and oxygen atoms in total. The monoisotopic (exact) mass is 180 g/mol. The molecule has 0 spiro atoms. The average Bonchev–Trinajstić information content (AvgIpc) is 2.59. The van der Waals surface area contributed by atoms with E-state index in [9.17, 15) is 0 Å². The van der Waals surface area contributed by atoms with E-state index >= 15 is 0 Å². The second kappa shape index (κ2) is 4.02. The Kier molecular flexibility index (Phi) is 2.96. The van der Waals surface area contributed by atoms with Gasteiger partial charge in [0.1, 0.15) is 0 Å². The molecule has 13 heavy (non-hydrogen) atoms. The Bertz CT molecular complexity index is 147. The van der Waals surface area contributed by atoms with Gasteiger partial charge in [-0.1, -0.05) is 46.0 Å². The first-order valence-electron chi connectivity index (χ1n) is 6.31. The highest BCUT2D eigenvalue weighted by atomic mass is 14.4. The smallest absolute Gasteiger partial charge is 0.0383 e. The van der Waals surface area contributed by atoms with Crippen molar-refractivity contribution in [3.8, 4) is 0 Å². The van der Waals surface area contributed by atoms with Crippen molar-refractivity contribution in [1.82, 2.24) is 0 Å². The zero-order valence-electron chi connectivity index (χ0n) is 9.26. The SMILES string of the molecule is CCC(C)C1CC2CCCCC2C1. The third-order valence-corrected chi connectivity index (χ3v) is 4.73. The molecule has 76 valence electrons. The summed E-state index contributed by atoms with van der Waals surface area (Å²) in [5, 5.41) is 0. The maximum absolute atomic E-state index is 2.46. The van der Waals surface area contributed by atoms with Crippen LogP contribution in [-0.2, 0) is 0 Å². The highest BCUT2D eigenvalue weighted by molar-refractivity contribution is 4.87. The van der Waals surface area contributed by atoms with Crippen LogP contribution in [0.4, 0.5) is 0 Å². The summed E-state index contributed by atoms with van der Waals surface area (Å²) < 4.78 is 0. The molecule has 3 unspecified atom stereocenters. The largest absolute Gasteiger partial charge is 0.0651 e. The molecule has 0 aliphatic heterocycles. The summed E-state index contributed by atoms with van der Waals surface area (Å²) >= 11 is 0. The standard InChI is InChI=1S/C13H24/c1-3-10(2)13-8-11-6-4-5-7-12(11)9-13/h10-13H,3-9H2,1-2H3. The van der Waals surface area contributed by atoms with Crippen LogP contribution in [0.1, 0.15) is 58.8 Å². The molecule has 2 saturated carbocycles. The van der Waals surface area contributed by atoms with Crippen LogP contribution < -0.4 is 0 Å². The molecule has 0 bridgehead atoms. The van der Waals surface area contributed by atoms with Crippen LogP contribution >= 0.6 is 0 Å². The van der Waals surface area contributed by atoms with Crippen molar-refractivity contribution in [1.29, 1.82) is 0 Å². The zero-order chi connectivity index (χ0) is 9.26. The Morgan fingerprint density at radius 1 is 1.08 bits per heavy atom. The van der Waals surface area contributed by atoms with E-state index in [1.54, 1.807) is 25.7 Å². The Labute approximate surface area is 83.1 Å². The molecule has 0 aromatic carbocycles. The molecule has 0 heterocycles. The van der Waals surface area contributed by atoms with Gasteiger partial charge in [0, 0.05) is 0 Å². The van der Waals surface area contributed by atoms with Crippen LogP contribution in [0.25, 0.3) is 0 Å². The van der Waals surface area contributed by atoms with E-state index < -0.39 is 0 Å². The lowest BCUT2D eigenvalue weighted by atomic mass is 9.82. The molecule has 0 aromatic heterocycles. The second-order valence-electron chi connectivity index (χ2n) is 5.42. The first-order chi connectivity index (χ1) is 6.31. The van der Waals surface area contributed by atoms with Crippen molar-refractivity contribution in [2.45, 2.75) is 58.8 Å². The number of rotatable bonds is 2. The van der Waals surface area contributed by atoms with Crippen molar-refractivity contribution in [3.63, 3.8) is 0 Å². The number of fused-ring (bicyclic) bond motifs is 1. The molecular weight excluding hydrogens is 156 g/mol. The molecule has 2 fully saturated rings. The zero-order valence-corrected chi connectivity index (χ0v) is 9.26. The van der Waals surface area contributed by atoms with Gasteiger partial charge in [0.05, 0.1) is 0 Å². The van der Waals surface area contributed by atoms with Crippen molar-refractivity contribution in [3.05, 3.63) is 0 Å². The van der Waals surface area contributed by atoms with Crippen LogP contribution in [-0.4, -0.2) is 0 Å². The minimum Gasteiger partial charge on any atom is -0.0651 e. The van der Waals surface area contributed by atoms with Crippen LogP contribution in [0, 0.1) is 23.7 Å². The maximum Gasteiger partial charge on any atom is -0.0383 e. The fraction of sp³-hybridized carbons (Fsp3) is 1.00. The van der Waals surface area contributed by atoms with E-state index in [-0.39, 0.29) is 0 Å². The molecule has 2 aliphatic carbocycles. The molecule has 0 heteroatoms. The number of hydrogen-bond donors (Lipinski definition) is 0. The first kappa shape index (κ1) is 9.55. The van der Waals surface area contributed by atoms with Gasteiger partial charge in [-0.3, -0.25) is 0 Å². The summed E-state index contributed by atoms with van der Waals surface area (Å²) in [7, 11) is 0. The quantitative estimate of drug-likeness (QED) is 0.596. The Morgan fingerprint density at radius 2 is 1.62 bits per heavy atom. The topological polar surface area (TPSA) is 0 Å². The molecule has 2 aliphatic rings. The molecule has 0 aromatic rings. The van der Waals surface area contributed by atoms with Gasteiger partial charge in [0.25, 0.3) is 0 Å². The number of hydrogen-bond acceptors (Lipinski definition) is 0. The summed E-state index contributed by atoms with van der Waals surface area (Å²) in [6.07, 6.45) is 10.7. The van der Waals surface area contributed by atoms with Gasteiger partial charge >= 0.3 is 0 Å². The van der Waals surface area contributed by atoms with Crippen LogP contribution in [0.15, 0.2) is 0 Å². The summed E-state index contributed by atoms with van der Waals surface area (Å²) in [6, 6.07) is 0. The van der Waals surface area contributed by atoms with E-state index in [4.69, 9.17) is 0 Å². The van der Waals surface area contributed by atoms with Gasteiger partial charge in [0.15, 0.2) is 0 Å². The molecule has 2 rings (SSSR count). The van der Waals surface area contributed by atoms with Crippen molar-refractivity contribution < 1.29 is 0 Å². The highest BCUT2D eigenvalue weighted by Gasteiger charge is 2.36. The minimum atomic E-state index is 0.991. The Balaban J connectivity index is 1.91. The van der Waals surface area contributed by atoms with E-state index in [0.29, 0.717) is 0 Å². The maximum atomic E-state index is 2.46. The highest BCUT2D eigenvalue weighted by Crippen LogP contribution is 2.47. The lowest BCUT2D eigenvalue weighted by Gasteiger charge is -2.24. The van der Waals surface area contributed by atoms with Crippen molar-refractivity contribution >= 4 is 0 Å². The van der Waals surface area contributed by atoms with Gasteiger partial charge in [-0.15, -0.1) is 0 Å². The Hall–Kier alpha value is 0. The minimum absolute atomic E-state index is 0.991. The lowest BCUT2D eigenvalue weighted by Crippen LogP contribution is -2.12. The van der Waals surface area contributed by atoms with E-state index in [0.717, 1.165) is 23.7 Å². The van der Waals surface area contributed by atoms with Crippen molar-refractivity contribution in [2.75, 3.05) is 0 Å². The van der Waals surface area contributed by atoms with E-state index in [1.165, 1.54) is 19.3 Å². The predicted molar refractivity (Wildman–Crippen MR) is 57.6 cm³/mol. The van der Waals surface area contributed by atoms with E-state index in [1.807, 2.05) is 0 Å². The third-order valence-electron chi connectivity index (χ3n) is 4.73. The lowest BCUT2D eigenvalue weighted by molar-refractivity contribution is 0.277. The average molecular weight is 180 g/mol. The Morgan fingerprint density at radius 3 is 2.08 bits per heavy atom. The molecule has 0 N–H and O–H groups in total. The summed E-state index contributed by atoms with van der Waals surface area (Å²) in [6.45, 7) is 4.81. The van der Waals surface area contributed by atoms with Crippen LogP contribution in [0.2, 0.25) is 0 Å². The summed E-state index contributed by atoms with van der Waals surface area (Å²) in [4.78, 5) is 0. The second-order valence-corrected chi connectivity index (χ2v) is 5.42. The predicted octanol–water partition coefficient (Wildman–Crippen LogP) is 4.25. The fourth-order valence-corrected chi connectivity index (χ4v) is 3.58. The fourth-order valence-electron chi connectivity index (χ4n) is 3.58. The molecule has 0 saturated heterocycles. The summed E-state index contributed by atoms with van der Waals surface area (Å²) in [5.74, 6) is 4.34. The molecule has 0 amide bonds.